The summed E-state index contributed by atoms with van der Waals surface area (Å²) >= 11 is 0. The van der Waals surface area contributed by atoms with Crippen molar-refractivity contribution in [3.8, 4) is 0 Å². The van der Waals surface area contributed by atoms with Crippen LogP contribution in [0.2, 0.25) is 0 Å². The smallest absolute Gasteiger partial charge is 0.230 e. The minimum absolute atomic E-state index is 0.0225. The highest BCUT2D eigenvalue weighted by Gasteiger charge is 2.20. The molecule has 1 aromatic carbocycles. The first-order valence-corrected chi connectivity index (χ1v) is 6.49. The molecule has 3 N–H and O–H groups in total. The lowest BCUT2D eigenvalue weighted by molar-refractivity contribution is 0.489. The zero-order valence-corrected chi connectivity index (χ0v) is 9.74. The Balaban J connectivity index is 3.30. The molecule has 0 aliphatic heterocycles. The number of rotatable bonds is 4. The zero-order valence-electron chi connectivity index (χ0n) is 8.93. The topological polar surface area (TPSA) is 72.2 Å². The fraction of sp³-hybridized carbons (Fsp3) is 0.333. The van der Waals surface area contributed by atoms with E-state index in [1.807, 2.05) is 0 Å². The van der Waals surface area contributed by atoms with Gasteiger partial charge in [-0.2, -0.15) is 0 Å². The number of hydrogen-bond acceptors (Lipinski definition) is 3. The summed E-state index contributed by atoms with van der Waals surface area (Å²) in [5.74, 6) is -4.06. The first-order chi connectivity index (χ1) is 7.76. The van der Waals surface area contributed by atoms with Crippen LogP contribution in [0, 0.1) is 17.5 Å². The van der Waals surface area contributed by atoms with Crippen LogP contribution in [0.25, 0.3) is 0 Å². The van der Waals surface area contributed by atoms with Gasteiger partial charge in [-0.25, -0.2) is 21.6 Å². The third-order valence-corrected chi connectivity index (χ3v) is 2.51. The number of halogens is 3. The Hall–Kier alpha value is -1.28. The van der Waals surface area contributed by atoms with E-state index in [4.69, 9.17) is 5.73 Å². The van der Waals surface area contributed by atoms with Gasteiger partial charge in [-0.3, -0.25) is 4.72 Å². The zero-order chi connectivity index (χ0) is 13.2. The van der Waals surface area contributed by atoms with Crippen molar-refractivity contribution in [1.29, 1.82) is 0 Å². The lowest BCUT2D eigenvalue weighted by atomic mass is 10.1. The van der Waals surface area contributed by atoms with E-state index in [1.54, 1.807) is 4.72 Å². The van der Waals surface area contributed by atoms with Gasteiger partial charge in [0.1, 0.15) is 5.69 Å². The molecule has 17 heavy (non-hydrogen) atoms. The number of benzene rings is 1. The molecule has 0 saturated heterocycles. The lowest BCUT2D eigenvalue weighted by Gasteiger charge is -2.10. The van der Waals surface area contributed by atoms with Crippen molar-refractivity contribution in [3.63, 3.8) is 0 Å². The van der Waals surface area contributed by atoms with Gasteiger partial charge in [0.05, 0.1) is 6.26 Å². The van der Waals surface area contributed by atoms with E-state index in [0.29, 0.717) is 6.26 Å². The molecular weight excluding hydrogens is 257 g/mol. The minimum atomic E-state index is -3.89. The van der Waals surface area contributed by atoms with Crippen LogP contribution in [-0.2, 0) is 16.4 Å². The number of nitrogens with two attached hydrogens (primary N) is 1. The highest BCUT2D eigenvalue weighted by Crippen LogP contribution is 2.25. The van der Waals surface area contributed by atoms with E-state index in [9.17, 15) is 21.6 Å². The first kappa shape index (κ1) is 13.8. The molecule has 0 heterocycles. The second-order valence-electron chi connectivity index (χ2n) is 3.43. The van der Waals surface area contributed by atoms with Crippen molar-refractivity contribution in [2.45, 2.75) is 6.42 Å². The Morgan fingerprint density at radius 2 is 1.88 bits per heavy atom. The van der Waals surface area contributed by atoms with Crippen LogP contribution in [0.3, 0.4) is 0 Å². The van der Waals surface area contributed by atoms with Crippen LogP contribution in [0.1, 0.15) is 5.56 Å². The second-order valence-corrected chi connectivity index (χ2v) is 5.18. The van der Waals surface area contributed by atoms with E-state index >= 15 is 0 Å². The van der Waals surface area contributed by atoms with Crippen molar-refractivity contribution in [1.82, 2.24) is 0 Å². The quantitative estimate of drug-likeness (QED) is 0.799. The van der Waals surface area contributed by atoms with Gasteiger partial charge in [-0.05, 0) is 24.6 Å². The van der Waals surface area contributed by atoms with E-state index < -0.39 is 33.2 Å². The SMILES string of the molecule is CS(=O)(=O)Nc1c(F)cc(CCN)c(F)c1F. The Morgan fingerprint density at radius 1 is 1.29 bits per heavy atom. The van der Waals surface area contributed by atoms with Crippen molar-refractivity contribution in [2.75, 3.05) is 17.5 Å². The molecule has 8 heteroatoms. The van der Waals surface area contributed by atoms with E-state index in [1.165, 1.54) is 0 Å². The second kappa shape index (κ2) is 4.92. The number of sulfonamides is 1. The first-order valence-electron chi connectivity index (χ1n) is 4.60. The van der Waals surface area contributed by atoms with Crippen LogP contribution < -0.4 is 10.5 Å². The molecule has 0 unspecified atom stereocenters. The Bertz CT molecular complexity index is 532. The molecule has 0 radical (unpaired) electrons. The molecule has 96 valence electrons. The molecular formula is C9H11F3N2O2S. The van der Waals surface area contributed by atoms with Gasteiger partial charge in [-0.15, -0.1) is 0 Å². The molecule has 0 atom stereocenters. The summed E-state index contributed by atoms with van der Waals surface area (Å²) in [7, 11) is -3.89. The normalized spacial score (nSPS) is 11.6. The number of anilines is 1. The van der Waals surface area contributed by atoms with Gasteiger partial charge in [0.25, 0.3) is 0 Å². The molecule has 0 aliphatic rings. The fourth-order valence-corrected chi connectivity index (χ4v) is 1.82. The van der Waals surface area contributed by atoms with Gasteiger partial charge in [0.15, 0.2) is 17.5 Å². The average molecular weight is 268 g/mol. The monoisotopic (exact) mass is 268 g/mol. The largest absolute Gasteiger partial charge is 0.330 e. The van der Waals surface area contributed by atoms with Gasteiger partial charge >= 0.3 is 0 Å². The van der Waals surface area contributed by atoms with Crippen molar-refractivity contribution >= 4 is 15.7 Å². The van der Waals surface area contributed by atoms with Crippen LogP contribution >= 0.6 is 0 Å². The Labute approximate surface area is 96.7 Å². The summed E-state index contributed by atoms with van der Waals surface area (Å²) in [5.41, 5.74) is 3.89. The maximum atomic E-state index is 13.4. The summed E-state index contributed by atoms with van der Waals surface area (Å²) < 4.78 is 63.4. The number of nitrogens with one attached hydrogen (secondary N) is 1. The molecule has 0 aromatic heterocycles. The Morgan fingerprint density at radius 3 is 2.35 bits per heavy atom. The molecule has 1 aromatic rings. The summed E-state index contributed by atoms with van der Waals surface area (Å²) in [5, 5.41) is 0. The van der Waals surface area contributed by atoms with Gasteiger partial charge in [0.2, 0.25) is 10.0 Å². The van der Waals surface area contributed by atoms with Crippen molar-refractivity contribution < 1.29 is 21.6 Å². The highest BCUT2D eigenvalue weighted by molar-refractivity contribution is 7.92. The Kier molecular flexibility index (Phi) is 3.99. The fourth-order valence-electron chi connectivity index (χ4n) is 1.26. The third-order valence-electron chi connectivity index (χ3n) is 1.94. The van der Waals surface area contributed by atoms with E-state index in [0.717, 1.165) is 6.07 Å². The van der Waals surface area contributed by atoms with Crippen LogP contribution in [-0.4, -0.2) is 21.2 Å². The summed E-state index contributed by atoms with van der Waals surface area (Å²) in [6.07, 6.45) is 0.663. The molecule has 0 spiro atoms. The summed E-state index contributed by atoms with van der Waals surface area (Å²) in [6, 6.07) is 0.721. The number of hydrogen-bond donors (Lipinski definition) is 2. The summed E-state index contributed by atoms with van der Waals surface area (Å²) in [4.78, 5) is 0. The highest BCUT2D eigenvalue weighted by atomic mass is 32.2. The lowest BCUT2D eigenvalue weighted by Crippen LogP contribution is -2.15. The molecule has 0 aliphatic carbocycles. The molecule has 0 fully saturated rings. The molecule has 0 saturated carbocycles. The van der Waals surface area contributed by atoms with Crippen molar-refractivity contribution in [3.05, 3.63) is 29.1 Å². The summed E-state index contributed by atoms with van der Waals surface area (Å²) in [6.45, 7) is 0.0225. The molecule has 0 bridgehead atoms. The van der Waals surface area contributed by atoms with E-state index in [-0.39, 0.29) is 18.5 Å². The molecule has 0 amide bonds. The van der Waals surface area contributed by atoms with Crippen LogP contribution in [0.15, 0.2) is 6.07 Å². The standard InChI is InChI=1S/C9H11F3N2O2S/c1-17(15,16)14-9-6(10)4-5(2-3-13)7(11)8(9)12/h4,14H,2-3,13H2,1H3. The van der Waals surface area contributed by atoms with Gasteiger partial charge in [-0.1, -0.05) is 0 Å². The minimum Gasteiger partial charge on any atom is -0.330 e. The predicted molar refractivity (Wildman–Crippen MR) is 57.5 cm³/mol. The average Bonchev–Trinajstić information content (AvgIpc) is 2.20. The van der Waals surface area contributed by atoms with Gasteiger partial charge in [0, 0.05) is 0 Å². The molecule has 1 rings (SSSR count). The predicted octanol–water partition coefficient (Wildman–Crippen LogP) is 0.977. The molecule has 4 nitrogen and oxygen atoms in total. The van der Waals surface area contributed by atoms with Crippen molar-refractivity contribution in [2.24, 2.45) is 5.73 Å². The third kappa shape index (κ3) is 3.34. The maximum absolute atomic E-state index is 13.4. The maximum Gasteiger partial charge on any atom is 0.230 e. The van der Waals surface area contributed by atoms with E-state index in [2.05, 4.69) is 0 Å². The van der Waals surface area contributed by atoms with Crippen LogP contribution in [0.4, 0.5) is 18.9 Å². The van der Waals surface area contributed by atoms with Gasteiger partial charge < -0.3 is 5.73 Å². The van der Waals surface area contributed by atoms with Crippen LogP contribution in [0.5, 0.6) is 0 Å².